The molecule has 6 heteroatoms. The molecule has 0 saturated heterocycles. The van der Waals surface area contributed by atoms with E-state index in [0.717, 1.165) is 5.56 Å². The van der Waals surface area contributed by atoms with E-state index in [1.165, 1.54) is 12.1 Å². The number of aliphatic hydroxyl groups is 1. The standard InChI is InChI=1S/C12H11N3O3/c16-11(12-13-6-1-7-14-12)8-9-2-4-10(5-3-9)15(17)18/h1-7,11,16H,8H2. The quantitative estimate of drug-likeness (QED) is 0.653. The largest absolute Gasteiger partial charge is 0.385 e. The highest BCUT2D eigenvalue weighted by molar-refractivity contribution is 5.33. The van der Waals surface area contributed by atoms with Gasteiger partial charge < -0.3 is 5.11 Å². The van der Waals surface area contributed by atoms with E-state index in [4.69, 9.17) is 0 Å². The minimum absolute atomic E-state index is 0.0317. The van der Waals surface area contributed by atoms with Gasteiger partial charge in [-0.25, -0.2) is 9.97 Å². The molecule has 1 unspecified atom stereocenters. The van der Waals surface area contributed by atoms with Crippen LogP contribution in [0.5, 0.6) is 0 Å². The molecule has 0 aliphatic rings. The zero-order valence-corrected chi connectivity index (χ0v) is 9.43. The Morgan fingerprint density at radius 3 is 2.39 bits per heavy atom. The van der Waals surface area contributed by atoms with Crippen molar-refractivity contribution in [3.8, 4) is 0 Å². The van der Waals surface area contributed by atoms with Crippen LogP contribution in [-0.2, 0) is 6.42 Å². The predicted octanol–water partition coefficient (Wildman–Crippen LogP) is 1.66. The number of nitrogens with zero attached hydrogens (tertiary/aromatic N) is 3. The molecule has 0 spiro atoms. The molecule has 0 radical (unpaired) electrons. The average Bonchev–Trinajstić information content (AvgIpc) is 2.40. The lowest BCUT2D eigenvalue weighted by Crippen LogP contribution is -2.06. The molecule has 1 N–H and O–H groups in total. The van der Waals surface area contributed by atoms with Crippen LogP contribution >= 0.6 is 0 Å². The molecule has 0 aliphatic carbocycles. The van der Waals surface area contributed by atoms with Gasteiger partial charge in [0.2, 0.25) is 0 Å². The van der Waals surface area contributed by atoms with Crippen LogP contribution in [0.1, 0.15) is 17.5 Å². The molecular weight excluding hydrogens is 234 g/mol. The minimum atomic E-state index is -0.812. The number of nitro benzene ring substituents is 1. The van der Waals surface area contributed by atoms with Crippen molar-refractivity contribution in [2.45, 2.75) is 12.5 Å². The van der Waals surface area contributed by atoms with Crippen LogP contribution in [0.15, 0.2) is 42.7 Å². The Kier molecular flexibility index (Phi) is 3.59. The van der Waals surface area contributed by atoms with E-state index in [-0.39, 0.29) is 5.69 Å². The Morgan fingerprint density at radius 1 is 1.22 bits per heavy atom. The van der Waals surface area contributed by atoms with E-state index in [9.17, 15) is 15.2 Å². The maximum absolute atomic E-state index is 10.5. The number of aliphatic hydroxyl groups excluding tert-OH is 1. The molecule has 0 bridgehead atoms. The first-order valence-corrected chi connectivity index (χ1v) is 5.35. The summed E-state index contributed by atoms with van der Waals surface area (Å²) in [4.78, 5) is 17.9. The highest BCUT2D eigenvalue weighted by atomic mass is 16.6. The number of hydrogen-bond acceptors (Lipinski definition) is 5. The molecule has 0 fully saturated rings. The van der Waals surface area contributed by atoms with Gasteiger partial charge >= 0.3 is 0 Å². The van der Waals surface area contributed by atoms with Crippen LogP contribution < -0.4 is 0 Å². The third kappa shape index (κ3) is 2.86. The van der Waals surface area contributed by atoms with Gasteiger partial charge in [0.05, 0.1) is 4.92 Å². The fourth-order valence-corrected chi connectivity index (χ4v) is 1.55. The van der Waals surface area contributed by atoms with E-state index in [0.29, 0.717) is 12.2 Å². The lowest BCUT2D eigenvalue weighted by Gasteiger charge is -2.08. The Labute approximate surface area is 103 Å². The van der Waals surface area contributed by atoms with Gasteiger partial charge in [-0.1, -0.05) is 12.1 Å². The third-order valence-corrected chi connectivity index (χ3v) is 2.46. The smallest absolute Gasteiger partial charge is 0.269 e. The van der Waals surface area contributed by atoms with Gasteiger partial charge in [-0.05, 0) is 11.6 Å². The molecule has 0 amide bonds. The molecule has 0 saturated carbocycles. The maximum atomic E-state index is 10.5. The summed E-state index contributed by atoms with van der Waals surface area (Å²) in [6.07, 6.45) is 2.62. The van der Waals surface area contributed by atoms with Crippen LogP contribution in [-0.4, -0.2) is 20.0 Å². The molecule has 1 aromatic carbocycles. The van der Waals surface area contributed by atoms with E-state index in [1.54, 1.807) is 30.6 Å². The minimum Gasteiger partial charge on any atom is -0.385 e. The van der Waals surface area contributed by atoms with Crippen LogP contribution in [0.25, 0.3) is 0 Å². The second kappa shape index (κ2) is 5.33. The normalized spacial score (nSPS) is 12.1. The van der Waals surface area contributed by atoms with Crippen molar-refractivity contribution < 1.29 is 10.0 Å². The molecule has 1 aromatic heterocycles. The molecule has 2 aromatic rings. The summed E-state index contributed by atoms with van der Waals surface area (Å²) in [5, 5.41) is 20.4. The van der Waals surface area contributed by atoms with Gasteiger partial charge in [-0.15, -0.1) is 0 Å². The monoisotopic (exact) mass is 245 g/mol. The Morgan fingerprint density at radius 2 is 1.83 bits per heavy atom. The van der Waals surface area contributed by atoms with Crippen molar-refractivity contribution in [1.82, 2.24) is 9.97 Å². The number of hydrogen-bond donors (Lipinski definition) is 1. The van der Waals surface area contributed by atoms with Gasteiger partial charge in [0, 0.05) is 30.9 Å². The Hall–Kier alpha value is -2.34. The number of nitro groups is 1. The van der Waals surface area contributed by atoms with Gasteiger partial charge in [-0.2, -0.15) is 0 Å². The summed E-state index contributed by atoms with van der Waals surface area (Å²) in [5.41, 5.74) is 0.824. The first-order chi connectivity index (χ1) is 8.66. The average molecular weight is 245 g/mol. The topological polar surface area (TPSA) is 89.2 Å². The lowest BCUT2D eigenvalue weighted by molar-refractivity contribution is -0.384. The van der Waals surface area contributed by atoms with Crippen molar-refractivity contribution in [1.29, 1.82) is 0 Å². The van der Waals surface area contributed by atoms with Crippen LogP contribution in [0.4, 0.5) is 5.69 Å². The number of aromatic nitrogens is 2. The van der Waals surface area contributed by atoms with Crippen molar-refractivity contribution in [3.05, 3.63) is 64.2 Å². The number of benzene rings is 1. The van der Waals surface area contributed by atoms with Crippen LogP contribution in [0, 0.1) is 10.1 Å². The molecule has 1 heterocycles. The second-order valence-electron chi connectivity index (χ2n) is 3.75. The van der Waals surface area contributed by atoms with E-state index in [1.807, 2.05) is 0 Å². The van der Waals surface area contributed by atoms with Crippen molar-refractivity contribution in [2.24, 2.45) is 0 Å². The van der Waals surface area contributed by atoms with Crippen molar-refractivity contribution in [3.63, 3.8) is 0 Å². The van der Waals surface area contributed by atoms with Gasteiger partial charge in [-0.3, -0.25) is 10.1 Å². The maximum Gasteiger partial charge on any atom is 0.269 e. The van der Waals surface area contributed by atoms with E-state index in [2.05, 4.69) is 9.97 Å². The SMILES string of the molecule is O=[N+]([O-])c1ccc(CC(O)c2ncccn2)cc1. The molecule has 6 nitrogen and oxygen atoms in total. The Balaban J connectivity index is 2.08. The molecule has 2 rings (SSSR count). The molecule has 18 heavy (non-hydrogen) atoms. The zero-order valence-electron chi connectivity index (χ0n) is 9.43. The van der Waals surface area contributed by atoms with Gasteiger partial charge in [0.1, 0.15) is 6.10 Å². The molecule has 92 valence electrons. The summed E-state index contributed by atoms with van der Waals surface area (Å²) in [6, 6.07) is 7.72. The first kappa shape index (κ1) is 12.1. The van der Waals surface area contributed by atoms with E-state index < -0.39 is 11.0 Å². The highest BCUT2D eigenvalue weighted by Crippen LogP contribution is 2.17. The number of rotatable bonds is 4. The van der Waals surface area contributed by atoms with Gasteiger partial charge in [0.25, 0.3) is 5.69 Å². The fraction of sp³-hybridized carbons (Fsp3) is 0.167. The van der Waals surface area contributed by atoms with E-state index >= 15 is 0 Å². The van der Waals surface area contributed by atoms with Gasteiger partial charge in [0.15, 0.2) is 5.82 Å². The van der Waals surface area contributed by atoms with Crippen LogP contribution in [0.2, 0.25) is 0 Å². The zero-order chi connectivity index (χ0) is 13.0. The third-order valence-electron chi connectivity index (χ3n) is 2.46. The predicted molar refractivity (Wildman–Crippen MR) is 63.8 cm³/mol. The fourth-order valence-electron chi connectivity index (χ4n) is 1.55. The highest BCUT2D eigenvalue weighted by Gasteiger charge is 2.12. The summed E-state index contributed by atoms with van der Waals surface area (Å²) in [6.45, 7) is 0. The summed E-state index contributed by atoms with van der Waals surface area (Å²) in [5.74, 6) is 0.343. The molecule has 1 atom stereocenters. The van der Waals surface area contributed by atoms with Crippen LogP contribution in [0.3, 0.4) is 0 Å². The lowest BCUT2D eigenvalue weighted by atomic mass is 10.1. The molecular formula is C12H11N3O3. The van der Waals surface area contributed by atoms with Crippen molar-refractivity contribution in [2.75, 3.05) is 0 Å². The molecule has 0 aliphatic heterocycles. The number of non-ortho nitro benzene ring substituents is 1. The second-order valence-corrected chi connectivity index (χ2v) is 3.75. The summed E-state index contributed by atoms with van der Waals surface area (Å²) in [7, 11) is 0. The first-order valence-electron chi connectivity index (χ1n) is 5.35. The summed E-state index contributed by atoms with van der Waals surface area (Å²) < 4.78 is 0. The summed E-state index contributed by atoms with van der Waals surface area (Å²) >= 11 is 0. The Bertz CT molecular complexity index is 528. The van der Waals surface area contributed by atoms with Crippen molar-refractivity contribution >= 4 is 5.69 Å².